The van der Waals surface area contributed by atoms with Crippen LogP contribution in [0.15, 0.2) is 0 Å². The molecule has 0 saturated carbocycles. The van der Waals surface area contributed by atoms with E-state index >= 15 is 0 Å². The maximum absolute atomic E-state index is 2.68. The Balaban J connectivity index is 1.21. The van der Waals surface area contributed by atoms with Crippen LogP contribution < -0.4 is 0 Å². The summed E-state index contributed by atoms with van der Waals surface area (Å²) in [5, 5.41) is 83.3. The number of hydrogen-bond donors (Lipinski definition) is 0. The first-order valence-corrected chi connectivity index (χ1v) is 27.0. The van der Waals surface area contributed by atoms with Gasteiger partial charge in [-0.3, -0.25) is 0 Å². The maximum Gasteiger partial charge on any atom is 0.0937 e. The van der Waals surface area contributed by atoms with E-state index in [0.717, 1.165) is 8.97 Å². The molecule has 10 aliphatic rings. The molecule has 0 radical (unpaired) electrons. The average Bonchev–Trinajstić information content (AvgIpc) is 4.33. The second-order valence-electron chi connectivity index (χ2n) is 29.1. The summed E-state index contributed by atoms with van der Waals surface area (Å²) >= 11 is 0. The Hall–Kier alpha value is -7.36. The fourth-order valence-corrected chi connectivity index (χ4v) is 28.5. The molecule has 300 valence electrons. The fraction of sp³-hybridized carbons (Fsp3) is 0.176. The lowest BCUT2D eigenvalue weighted by molar-refractivity contribution is -0.880. The minimum atomic E-state index is -0.107. The number of benzene rings is 16. The molecule has 4 unspecified atom stereocenters. The lowest BCUT2D eigenvalue weighted by Crippen LogP contribution is -2.51. The van der Waals surface area contributed by atoms with Crippen LogP contribution >= 0.6 is 0 Å². The van der Waals surface area contributed by atoms with Crippen molar-refractivity contribution in [3.63, 3.8) is 0 Å². The summed E-state index contributed by atoms with van der Waals surface area (Å²) in [5.74, 6) is 0. The molecule has 0 amide bonds. The molecule has 2 aliphatic heterocycles. The van der Waals surface area contributed by atoms with Crippen molar-refractivity contribution in [2.45, 2.75) is 21.7 Å². The van der Waals surface area contributed by atoms with Gasteiger partial charge in [0.05, 0.1) is 76.0 Å². The predicted octanol–water partition coefficient (Wildman–Crippen LogP) is 15.0. The van der Waals surface area contributed by atoms with Crippen LogP contribution in [0.2, 0.25) is 0 Å². The number of quaternary nitrogens is 2. The van der Waals surface area contributed by atoms with Gasteiger partial charge >= 0.3 is 0 Å². The molecule has 2 fully saturated rings. The van der Waals surface area contributed by atoms with E-state index in [-0.39, 0.29) is 21.7 Å². The molecule has 24 aromatic carbocycles. The van der Waals surface area contributed by atoms with Crippen molar-refractivity contribution in [2.75, 3.05) is 54.4 Å². The third-order valence-electron chi connectivity index (χ3n) is 27.5. The van der Waals surface area contributed by atoms with E-state index in [4.69, 9.17) is 0 Å². The first-order valence-electron chi connectivity index (χ1n) is 27.0. The molecule has 2 nitrogen and oxygen atoms in total. The molecule has 4 atom stereocenters. The molecule has 2 heterocycles. The number of likely N-dealkylation sites (tertiary alicyclic amines) is 2. The number of hydrogen-bond acceptors (Lipinski definition) is 0. The highest BCUT2D eigenvalue weighted by molar-refractivity contribution is 6.78. The van der Waals surface area contributed by atoms with Crippen molar-refractivity contribution in [3.05, 3.63) is 44.5 Å². The third kappa shape index (κ3) is 1.33. The number of nitrogens with zero attached hydrogens (tertiary/aromatic N) is 2. The summed E-state index contributed by atoms with van der Waals surface area (Å²) in [6, 6.07) is 0. The first kappa shape index (κ1) is 26.6. The maximum atomic E-state index is 2.68. The van der Waals surface area contributed by atoms with E-state index in [9.17, 15) is 0 Å². The molecule has 8 aliphatic carbocycles. The SMILES string of the molecule is C[N+]1(C)CC23c4c5c6c7c8c9c%10c%11c%12c%13c%14c%15c(c6c6c4c4c%16c%17c%18c(c%19c%20c2c5c8c2c%20c5c%19c8c%18c%18c%19c%17c%17c4c6c%15c4c%14c6c%12c%12c%14c%11c(c92)c5c%14c8c%18c%12c6c%19c4%17)C%163C1)C71C[N+](C)(C)CC%10%131. The zero-order valence-electron chi connectivity index (χ0n) is 37.7. The van der Waals surface area contributed by atoms with Crippen LogP contribution in [0.1, 0.15) is 44.5 Å². The third-order valence-corrected chi connectivity index (χ3v) is 27.5. The average molecular weight is 865 g/mol. The van der Waals surface area contributed by atoms with Crippen molar-refractivity contribution >= 4 is 259 Å². The Bertz CT molecular complexity index is 6840. The van der Waals surface area contributed by atoms with Crippen LogP contribution in [0.5, 0.6) is 0 Å². The Labute approximate surface area is 386 Å². The molecule has 2 heteroatoms. The monoisotopic (exact) mass is 864 g/mol. The second kappa shape index (κ2) is 5.63. The normalized spacial score (nSPS) is 29.7. The largest absolute Gasteiger partial charge is 0.326 e. The van der Waals surface area contributed by atoms with Gasteiger partial charge in [0.1, 0.15) is 0 Å². The summed E-state index contributed by atoms with van der Waals surface area (Å²) < 4.78 is 2.17. The van der Waals surface area contributed by atoms with E-state index < -0.39 is 0 Å². The molecule has 70 heavy (non-hydrogen) atoms. The summed E-state index contributed by atoms with van der Waals surface area (Å²) in [6.45, 7) is 4.81. The van der Waals surface area contributed by atoms with Crippen molar-refractivity contribution in [1.29, 1.82) is 0 Å². The van der Waals surface area contributed by atoms with Gasteiger partial charge in [0.15, 0.2) is 0 Å². The van der Waals surface area contributed by atoms with Gasteiger partial charge in [0, 0.05) is 0 Å². The van der Waals surface area contributed by atoms with Gasteiger partial charge in [-0.05, 0) is 303 Å². The summed E-state index contributed by atoms with van der Waals surface area (Å²) in [4.78, 5) is 0. The molecular formula is C68H20N2+2. The molecule has 4 spiro atoms. The molecule has 0 bridgehead atoms. The smallest absolute Gasteiger partial charge is 0.0937 e. The van der Waals surface area contributed by atoms with E-state index in [1.807, 2.05) is 44.5 Å². The van der Waals surface area contributed by atoms with Crippen molar-refractivity contribution in [3.8, 4) is 0 Å². The zero-order chi connectivity index (χ0) is 42.2. The summed E-state index contributed by atoms with van der Waals surface area (Å²) in [7, 11) is 10.7. The topological polar surface area (TPSA) is 0 Å². The highest BCUT2D eigenvalue weighted by atomic mass is 15.4. The first-order chi connectivity index (χ1) is 34.3. The standard InChI is InChI=1S/C68H20N2/c1-69(2)5-65-57-41-29-17-9-10-14-11-15-23-31(19(11)17)43(41)59(65)49-37(23)28-36-26(15)34-22(14)30-18(10)20-12-13(9)21(29)33-25-16(12)24-32(20)44-42(30)58-46(34)48(36)62-54-39(28)51(49)63-55-53-40-27(35(25)47(45(33)57)61(53)67(63,65)7-69)38(24)50-52(40)64(56(54)55)68(62)8-70(3,4)6-66(58,68)60(44)50/h5-8H2,1-4H3/q+2. The van der Waals surface area contributed by atoms with Gasteiger partial charge in [-0.1, -0.05) is 0 Å². The van der Waals surface area contributed by atoms with Crippen molar-refractivity contribution in [2.24, 2.45) is 0 Å². The van der Waals surface area contributed by atoms with Gasteiger partial charge in [0.2, 0.25) is 0 Å². The van der Waals surface area contributed by atoms with Crippen molar-refractivity contribution < 1.29 is 8.97 Å². The van der Waals surface area contributed by atoms with E-state index in [1.165, 1.54) is 26.2 Å². The van der Waals surface area contributed by atoms with Crippen molar-refractivity contribution in [1.82, 2.24) is 0 Å². The quantitative estimate of drug-likeness (QED) is 0.105. The Morgan fingerprint density at radius 2 is 0.243 bits per heavy atom. The molecule has 34 rings (SSSR count). The summed E-state index contributed by atoms with van der Waals surface area (Å²) in [5.41, 5.74) is 14.4. The van der Waals surface area contributed by atoms with Crippen LogP contribution in [0.25, 0.3) is 259 Å². The molecule has 0 aromatic heterocycles. The molecular weight excluding hydrogens is 845 g/mol. The van der Waals surface area contributed by atoms with Gasteiger partial charge in [-0.15, -0.1) is 0 Å². The number of rotatable bonds is 0. The summed E-state index contributed by atoms with van der Waals surface area (Å²) in [6.07, 6.45) is 0. The lowest BCUT2D eigenvalue weighted by atomic mass is 9.50. The minimum absolute atomic E-state index is 0.105. The highest BCUT2D eigenvalue weighted by Crippen LogP contribution is 2.88. The Morgan fingerprint density at radius 1 is 0.157 bits per heavy atom. The van der Waals surface area contributed by atoms with E-state index in [2.05, 4.69) is 28.2 Å². The Kier molecular flexibility index (Phi) is 2.14. The van der Waals surface area contributed by atoms with Crippen LogP contribution in [0, 0.1) is 0 Å². The van der Waals surface area contributed by atoms with Crippen LogP contribution in [0.3, 0.4) is 0 Å². The zero-order valence-corrected chi connectivity index (χ0v) is 37.7. The fourth-order valence-electron chi connectivity index (χ4n) is 28.5. The molecule has 2 saturated heterocycles. The number of likely N-dealkylation sites (N-methyl/N-ethyl adjacent to an activating group) is 2. The van der Waals surface area contributed by atoms with Crippen LogP contribution in [-0.4, -0.2) is 63.3 Å². The Morgan fingerprint density at radius 3 is 0.371 bits per heavy atom. The second-order valence-corrected chi connectivity index (χ2v) is 29.1. The van der Waals surface area contributed by atoms with Crippen LogP contribution in [-0.2, 0) is 21.7 Å². The van der Waals surface area contributed by atoms with Gasteiger partial charge in [-0.2, -0.15) is 0 Å². The van der Waals surface area contributed by atoms with Gasteiger partial charge < -0.3 is 8.97 Å². The van der Waals surface area contributed by atoms with Gasteiger partial charge in [-0.25, -0.2) is 0 Å². The van der Waals surface area contributed by atoms with Gasteiger partial charge in [0.25, 0.3) is 0 Å². The molecule has 24 aromatic rings. The van der Waals surface area contributed by atoms with E-state index in [1.54, 1.807) is 259 Å². The predicted molar refractivity (Wildman–Crippen MR) is 291 cm³/mol. The van der Waals surface area contributed by atoms with Crippen LogP contribution in [0.4, 0.5) is 0 Å². The lowest BCUT2D eigenvalue weighted by Gasteiger charge is -2.47. The highest BCUT2D eigenvalue weighted by Gasteiger charge is 2.80. The van der Waals surface area contributed by atoms with E-state index in [0.29, 0.717) is 0 Å². The molecule has 0 N–H and O–H groups in total. The minimum Gasteiger partial charge on any atom is -0.326 e.